The largest absolute Gasteiger partial charge is 0.355 e. The van der Waals surface area contributed by atoms with Crippen molar-refractivity contribution in [2.24, 2.45) is 27.6 Å². The van der Waals surface area contributed by atoms with Crippen molar-refractivity contribution in [2.45, 2.75) is 108 Å². The number of ketones is 2. The summed E-state index contributed by atoms with van der Waals surface area (Å²) in [5.74, 6) is 0.436. The molecular weight excluding hydrogens is 362 g/mol. The van der Waals surface area contributed by atoms with Crippen LogP contribution in [0.3, 0.4) is 0 Å². The first kappa shape index (κ1) is 27.8. The van der Waals surface area contributed by atoms with Crippen molar-refractivity contribution in [3.8, 4) is 0 Å². The van der Waals surface area contributed by atoms with Gasteiger partial charge in [0.1, 0.15) is 11.6 Å². The fourth-order valence-corrected chi connectivity index (χ4v) is 4.46. The second kappa shape index (κ2) is 10.2. The minimum Gasteiger partial charge on any atom is -0.355 e. The third kappa shape index (κ3) is 7.22. The molecule has 0 bridgehead atoms. The summed E-state index contributed by atoms with van der Waals surface area (Å²) < 4.78 is 0. The number of hydrogen-bond donors (Lipinski definition) is 1. The molecule has 0 aliphatic rings. The van der Waals surface area contributed by atoms with Gasteiger partial charge in [-0.25, -0.2) is 0 Å². The molecule has 0 aliphatic heterocycles. The molecule has 3 unspecified atom stereocenters. The highest BCUT2D eigenvalue weighted by molar-refractivity contribution is 5.87. The van der Waals surface area contributed by atoms with Crippen LogP contribution in [-0.4, -0.2) is 24.0 Å². The van der Waals surface area contributed by atoms with Gasteiger partial charge in [-0.05, 0) is 44.4 Å². The van der Waals surface area contributed by atoms with Gasteiger partial charge < -0.3 is 5.32 Å². The van der Waals surface area contributed by atoms with Crippen molar-refractivity contribution in [3.63, 3.8) is 0 Å². The van der Waals surface area contributed by atoms with E-state index in [2.05, 4.69) is 33.0 Å². The molecule has 4 nitrogen and oxygen atoms in total. The molecule has 0 rings (SSSR count). The highest BCUT2D eigenvalue weighted by Gasteiger charge is 2.42. The summed E-state index contributed by atoms with van der Waals surface area (Å²) >= 11 is 0. The first-order valence-corrected chi connectivity index (χ1v) is 11.4. The van der Waals surface area contributed by atoms with Crippen LogP contribution in [0.1, 0.15) is 108 Å². The van der Waals surface area contributed by atoms with Crippen molar-refractivity contribution in [3.05, 3.63) is 0 Å². The van der Waals surface area contributed by atoms with Gasteiger partial charge in [0.25, 0.3) is 0 Å². The number of Topliss-reactive ketones (excluding diaryl/α,β-unsaturated/α-hetero) is 2. The summed E-state index contributed by atoms with van der Waals surface area (Å²) in [6.45, 7) is 22.3. The summed E-state index contributed by atoms with van der Waals surface area (Å²) in [5, 5.41) is 3.15. The van der Waals surface area contributed by atoms with E-state index in [1.807, 2.05) is 41.5 Å². The van der Waals surface area contributed by atoms with E-state index in [-0.39, 0.29) is 34.2 Å². The van der Waals surface area contributed by atoms with Crippen LogP contribution in [0, 0.1) is 27.6 Å². The molecule has 0 radical (unpaired) electrons. The molecule has 0 fully saturated rings. The van der Waals surface area contributed by atoms with Crippen LogP contribution in [0.5, 0.6) is 0 Å². The third-order valence-electron chi connectivity index (χ3n) is 7.23. The molecule has 4 heteroatoms. The minimum atomic E-state index is -0.589. The average Bonchev–Trinajstić information content (AvgIpc) is 2.64. The summed E-state index contributed by atoms with van der Waals surface area (Å²) in [6.07, 6.45) is 3.48. The van der Waals surface area contributed by atoms with E-state index >= 15 is 0 Å². The smallest absolute Gasteiger partial charge is 0.225 e. The minimum absolute atomic E-state index is 0.00221. The topological polar surface area (TPSA) is 63.2 Å². The first-order valence-electron chi connectivity index (χ1n) is 11.4. The fourth-order valence-electron chi connectivity index (χ4n) is 4.46. The molecule has 0 saturated carbocycles. The zero-order chi connectivity index (χ0) is 23.3. The van der Waals surface area contributed by atoms with E-state index in [4.69, 9.17) is 0 Å². The van der Waals surface area contributed by atoms with Crippen LogP contribution in [0.25, 0.3) is 0 Å². The lowest BCUT2D eigenvalue weighted by atomic mass is 9.67. The number of carbonyl (C=O) groups is 3. The van der Waals surface area contributed by atoms with Crippen molar-refractivity contribution in [2.75, 3.05) is 6.54 Å². The number of rotatable bonds is 13. The number of hydrogen-bond acceptors (Lipinski definition) is 3. The van der Waals surface area contributed by atoms with E-state index in [0.717, 1.165) is 19.3 Å². The van der Waals surface area contributed by atoms with Crippen LogP contribution in [0.2, 0.25) is 0 Å². The van der Waals surface area contributed by atoms with E-state index < -0.39 is 10.8 Å². The zero-order valence-electron chi connectivity index (χ0n) is 21.0. The normalized spacial score (nSPS) is 18.5. The van der Waals surface area contributed by atoms with Crippen LogP contribution in [-0.2, 0) is 14.4 Å². The van der Waals surface area contributed by atoms with Crippen LogP contribution in [0.4, 0.5) is 0 Å². The fraction of sp³-hybridized carbons (Fsp3) is 0.880. The standard InChI is InChI=1S/C25H47NO3/c1-12-23(9,19(6)27)16-25(11,14-3)21(29)26-17-22(7,8)15-24(10,13-2)20(28)18(4)5/h18H,12-17H2,1-11H3,(H,26,29). The van der Waals surface area contributed by atoms with Gasteiger partial charge in [-0.1, -0.05) is 69.2 Å². The Hall–Kier alpha value is -1.19. The third-order valence-corrected chi connectivity index (χ3v) is 7.23. The van der Waals surface area contributed by atoms with Gasteiger partial charge in [0.05, 0.1) is 0 Å². The highest BCUT2D eigenvalue weighted by atomic mass is 16.2. The van der Waals surface area contributed by atoms with Gasteiger partial charge in [0.15, 0.2) is 0 Å². The lowest BCUT2D eigenvalue weighted by molar-refractivity contribution is -0.136. The molecule has 0 aliphatic carbocycles. The lowest BCUT2D eigenvalue weighted by Gasteiger charge is -2.39. The zero-order valence-corrected chi connectivity index (χ0v) is 21.0. The van der Waals surface area contributed by atoms with Gasteiger partial charge in [-0.2, -0.15) is 0 Å². The van der Waals surface area contributed by atoms with Crippen LogP contribution < -0.4 is 5.32 Å². The van der Waals surface area contributed by atoms with Crippen molar-refractivity contribution in [1.82, 2.24) is 5.32 Å². The SMILES string of the molecule is CCC(C)(CC(C)(CC)C(=O)NCC(C)(C)CC(C)(CC)C(=O)C(C)C)C(C)=O. The van der Waals surface area contributed by atoms with Gasteiger partial charge in [0, 0.05) is 28.7 Å². The average molecular weight is 410 g/mol. The second-order valence-corrected chi connectivity index (χ2v) is 11.0. The molecule has 3 atom stereocenters. The summed E-state index contributed by atoms with van der Waals surface area (Å²) in [5.41, 5.74) is -1.66. The Kier molecular flexibility index (Phi) is 9.80. The molecule has 29 heavy (non-hydrogen) atoms. The van der Waals surface area contributed by atoms with Crippen molar-refractivity contribution in [1.29, 1.82) is 0 Å². The van der Waals surface area contributed by atoms with Gasteiger partial charge >= 0.3 is 0 Å². The molecule has 0 spiro atoms. The van der Waals surface area contributed by atoms with Crippen LogP contribution in [0.15, 0.2) is 0 Å². The molecule has 0 saturated heterocycles. The predicted octanol–water partition coefficient (Wildman–Crippen LogP) is 5.97. The molecule has 170 valence electrons. The second-order valence-electron chi connectivity index (χ2n) is 11.0. The van der Waals surface area contributed by atoms with Gasteiger partial charge in [-0.3, -0.25) is 14.4 Å². The summed E-state index contributed by atoms with van der Waals surface area (Å²) in [6, 6.07) is 0. The van der Waals surface area contributed by atoms with E-state index in [9.17, 15) is 14.4 Å². The lowest BCUT2D eigenvalue weighted by Crippen LogP contribution is -2.47. The molecule has 1 amide bonds. The summed E-state index contributed by atoms with van der Waals surface area (Å²) in [7, 11) is 0. The summed E-state index contributed by atoms with van der Waals surface area (Å²) in [4.78, 5) is 38.1. The van der Waals surface area contributed by atoms with Gasteiger partial charge in [-0.15, -0.1) is 0 Å². The van der Waals surface area contributed by atoms with Crippen molar-refractivity contribution >= 4 is 17.5 Å². The Morgan fingerprint density at radius 3 is 1.55 bits per heavy atom. The highest BCUT2D eigenvalue weighted by Crippen LogP contribution is 2.41. The quantitative estimate of drug-likeness (QED) is 0.407. The predicted molar refractivity (Wildman–Crippen MR) is 122 cm³/mol. The van der Waals surface area contributed by atoms with Gasteiger partial charge in [0.2, 0.25) is 5.91 Å². The number of nitrogens with one attached hydrogen (secondary N) is 1. The first-order chi connectivity index (χ1) is 13.0. The maximum absolute atomic E-state index is 13.1. The maximum Gasteiger partial charge on any atom is 0.225 e. The molecule has 0 aromatic heterocycles. The molecule has 0 aromatic rings. The maximum atomic E-state index is 13.1. The van der Waals surface area contributed by atoms with E-state index in [0.29, 0.717) is 19.4 Å². The van der Waals surface area contributed by atoms with E-state index in [1.54, 1.807) is 6.92 Å². The number of carbonyl (C=O) groups excluding carboxylic acids is 3. The molecule has 0 heterocycles. The van der Waals surface area contributed by atoms with Crippen LogP contribution >= 0.6 is 0 Å². The monoisotopic (exact) mass is 409 g/mol. The Morgan fingerprint density at radius 2 is 1.21 bits per heavy atom. The Bertz CT molecular complexity index is 595. The molecular formula is C25H47NO3. The Balaban J connectivity index is 5.33. The molecule has 0 aromatic carbocycles. The van der Waals surface area contributed by atoms with Crippen molar-refractivity contribution < 1.29 is 14.4 Å². The number of amides is 1. The Morgan fingerprint density at radius 1 is 0.759 bits per heavy atom. The molecule has 1 N–H and O–H groups in total. The van der Waals surface area contributed by atoms with E-state index in [1.165, 1.54) is 0 Å². The Labute approximate surface area is 180 Å².